The number of nitrogens with one attached hydrogen (secondary N) is 2. The first kappa shape index (κ1) is 22.3. The average Bonchev–Trinajstić information content (AvgIpc) is 3.22. The van der Waals surface area contributed by atoms with Crippen LogP contribution in [0.3, 0.4) is 0 Å². The van der Waals surface area contributed by atoms with Crippen molar-refractivity contribution in [1.29, 1.82) is 0 Å². The number of amides is 1. The van der Waals surface area contributed by atoms with Gasteiger partial charge >= 0.3 is 0 Å². The number of ether oxygens (including phenoxy) is 2. The summed E-state index contributed by atoms with van der Waals surface area (Å²) in [7, 11) is -2.55. The van der Waals surface area contributed by atoms with Crippen LogP contribution in [0.2, 0.25) is 5.15 Å². The predicted octanol–water partition coefficient (Wildman–Crippen LogP) is 2.16. The van der Waals surface area contributed by atoms with Gasteiger partial charge in [0.15, 0.2) is 11.0 Å². The Morgan fingerprint density at radius 3 is 2.80 bits per heavy atom. The highest BCUT2D eigenvalue weighted by molar-refractivity contribution is 7.89. The molecule has 0 saturated carbocycles. The van der Waals surface area contributed by atoms with Crippen molar-refractivity contribution >= 4 is 33.5 Å². The van der Waals surface area contributed by atoms with E-state index in [1.54, 1.807) is 6.92 Å². The van der Waals surface area contributed by atoms with Crippen molar-refractivity contribution in [1.82, 2.24) is 14.7 Å². The third-order valence-corrected chi connectivity index (χ3v) is 6.19. The number of rotatable bonds is 7. The number of benzene rings is 1. The molecule has 3 rings (SSSR count). The van der Waals surface area contributed by atoms with Crippen LogP contribution in [0.5, 0.6) is 5.75 Å². The average molecular weight is 459 g/mol. The van der Waals surface area contributed by atoms with Crippen molar-refractivity contribution in [3.05, 3.63) is 40.4 Å². The highest BCUT2D eigenvalue weighted by Gasteiger charge is 2.26. The van der Waals surface area contributed by atoms with Crippen molar-refractivity contribution < 1.29 is 27.1 Å². The largest absolute Gasteiger partial charge is 0.496 e. The Balaban J connectivity index is 1.90. The Morgan fingerprint density at radius 1 is 1.40 bits per heavy atom. The smallest absolute Gasteiger partial charge is 0.261 e. The maximum Gasteiger partial charge on any atom is 0.261 e. The van der Waals surface area contributed by atoms with E-state index in [1.807, 2.05) is 0 Å². The number of nitrogens with zero attached hydrogens (tertiary/aromatic N) is 2. The number of aryl methyl sites for hydroxylation is 1. The zero-order valence-electron chi connectivity index (χ0n) is 16.2. The molecule has 1 aliphatic rings. The first-order valence-corrected chi connectivity index (χ1v) is 10.9. The van der Waals surface area contributed by atoms with Gasteiger partial charge in [-0.15, -0.1) is 0 Å². The monoisotopic (exact) mass is 458 g/mol. The van der Waals surface area contributed by atoms with E-state index >= 15 is 0 Å². The highest BCUT2D eigenvalue weighted by Crippen LogP contribution is 2.25. The molecular weight excluding hydrogens is 439 g/mol. The molecule has 1 fully saturated rings. The van der Waals surface area contributed by atoms with E-state index in [0.717, 1.165) is 0 Å². The molecule has 1 amide bonds. The summed E-state index contributed by atoms with van der Waals surface area (Å²) in [5, 5.41) is 1.97. The summed E-state index contributed by atoms with van der Waals surface area (Å²) in [4.78, 5) is 20.3. The lowest BCUT2D eigenvalue weighted by Crippen LogP contribution is -2.35. The lowest BCUT2D eigenvalue weighted by Gasteiger charge is -2.14. The van der Waals surface area contributed by atoms with Crippen LogP contribution in [0.15, 0.2) is 23.1 Å². The molecule has 1 aromatic heterocycles. The third-order valence-electron chi connectivity index (χ3n) is 4.42. The molecule has 1 aliphatic heterocycles. The van der Waals surface area contributed by atoms with Crippen LogP contribution in [-0.4, -0.2) is 50.7 Å². The number of hydrogen-bond donors (Lipinski definition) is 2. The van der Waals surface area contributed by atoms with E-state index in [9.17, 15) is 17.6 Å². The molecule has 1 atom stereocenters. The van der Waals surface area contributed by atoms with Crippen LogP contribution < -0.4 is 14.8 Å². The molecule has 0 aliphatic carbocycles. The first-order valence-electron chi connectivity index (χ1n) is 9.06. The molecule has 0 bridgehead atoms. The van der Waals surface area contributed by atoms with Crippen LogP contribution in [0.4, 0.5) is 10.3 Å². The molecule has 2 aromatic rings. The summed E-state index contributed by atoms with van der Waals surface area (Å²) in [6.07, 6.45) is 0.801. The van der Waals surface area contributed by atoms with E-state index in [1.165, 1.54) is 25.3 Å². The van der Waals surface area contributed by atoms with Crippen LogP contribution in [-0.2, 0) is 21.2 Å². The summed E-state index contributed by atoms with van der Waals surface area (Å²) < 4.78 is 52.1. The molecule has 9 nitrogen and oxygen atoms in total. The summed E-state index contributed by atoms with van der Waals surface area (Å²) in [6, 6.07) is 3.54. The van der Waals surface area contributed by atoms with Crippen molar-refractivity contribution in [3.63, 3.8) is 0 Å². The third kappa shape index (κ3) is 4.86. The van der Waals surface area contributed by atoms with E-state index in [4.69, 9.17) is 21.1 Å². The number of halogens is 2. The predicted molar refractivity (Wildman–Crippen MR) is 107 cm³/mol. The fourth-order valence-corrected chi connectivity index (χ4v) is 4.34. The first-order chi connectivity index (χ1) is 14.2. The number of aromatic nitrogens is 2. The minimum Gasteiger partial charge on any atom is -0.496 e. The summed E-state index contributed by atoms with van der Waals surface area (Å²) in [6.45, 7) is 2.43. The number of carbonyl (C=O) groups excluding carboxylic acids is 1. The Labute approximate surface area is 178 Å². The zero-order valence-corrected chi connectivity index (χ0v) is 17.8. The van der Waals surface area contributed by atoms with Gasteiger partial charge in [-0.05, 0) is 31.0 Å². The number of anilines is 1. The number of carbonyl (C=O) groups is 1. The van der Waals surface area contributed by atoms with Gasteiger partial charge in [-0.1, -0.05) is 18.5 Å². The van der Waals surface area contributed by atoms with E-state index < -0.39 is 26.9 Å². The Morgan fingerprint density at radius 2 is 2.17 bits per heavy atom. The van der Waals surface area contributed by atoms with E-state index in [0.29, 0.717) is 13.0 Å². The Kier molecular flexibility index (Phi) is 6.86. The molecule has 0 radical (unpaired) electrons. The molecule has 2 N–H and O–H groups in total. The van der Waals surface area contributed by atoms with Crippen LogP contribution >= 0.6 is 11.6 Å². The number of hydrogen-bond acceptors (Lipinski definition) is 7. The van der Waals surface area contributed by atoms with Crippen molar-refractivity contribution in [2.45, 2.75) is 30.7 Å². The second-order valence-corrected chi connectivity index (χ2v) is 8.52. The van der Waals surface area contributed by atoms with Gasteiger partial charge in [0.1, 0.15) is 5.75 Å². The van der Waals surface area contributed by atoms with Gasteiger partial charge in [-0.2, -0.15) is 4.98 Å². The maximum atomic E-state index is 13.8. The maximum absolute atomic E-state index is 13.8. The van der Waals surface area contributed by atoms with Crippen molar-refractivity contribution in [3.8, 4) is 5.75 Å². The molecule has 0 spiro atoms. The molecular formula is C18H20ClFN4O5S. The van der Waals surface area contributed by atoms with E-state index in [-0.39, 0.29) is 46.9 Å². The molecule has 162 valence electrons. The fourth-order valence-electron chi connectivity index (χ4n) is 2.87. The van der Waals surface area contributed by atoms with Gasteiger partial charge in [0.05, 0.1) is 29.9 Å². The van der Waals surface area contributed by atoms with E-state index in [2.05, 4.69) is 20.0 Å². The van der Waals surface area contributed by atoms with Gasteiger partial charge in [0.25, 0.3) is 5.91 Å². The lowest BCUT2D eigenvalue weighted by atomic mass is 10.2. The fraction of sp³-hybridized carbons (Fsp3) is 0.389. The lowest BCUT2D eigenvalue weighted by molar-refractivity contribution is 0.102. The molecule has 0 unspecified atom stereocenters. The van der Waals surface area contributed by atoms with Gasteiger partial charge in [0.2, 0.25) is 16.0 Å². The minimum absolute atomic E-state index is 0.0385. The number of sulfonamides is 1. The van der Waals surface area contributed by atoms with Crippen LogP contribution in [0.1, 0.15) is 29.4 Å². The second kappa shape index (κ2) is 9.21. The van der Waals surface area contributed by atoms with Crippen LogP contribution in [0, 0.1) is 5.82 Å². The van der Waals surface area contributed by atoms with Crippen molar-refractivity contribution in [2.75, 3.05) is 25.6 Å². The summed E-state index contributed by atoms with van der Waals surface area (Å²) in [5.41, 5.74) is -0.0262. The normalized spacial score (nSPS) is 16.5. The number of methoxy groups -OCH3 is 1. The van der Waals surface area contributed by atoms with Gasteiger partial charge in [0, 0.05) is 12.6 Å². The quantitative estimate of drug-likeness (QED) is 0.610. The van der Waals surface area contributed by atoms with Crippen molar-refractivity contribution in [2.24, 2.45) is 0 Å². The second-order valence-electron chi connectivity index (χ2n) is 6.45. The molecule has 2 heterocycles. The van der Waals surface area contributed by atoms with Crippen LogP contribution in [0.25, 0.3) is 0 Å². The topological polar surface area (TPSA) is 120 Å². The SMILES string of the molecule is CCc1nc(NC(=O)c2cc(S(=O)(=O)N[C@H]3CCOC3)ccc2OC)nc(Cl)c1F. The molecule has 1 aromatic carbocycles. The summed E-state index contributed by atoms with van der Waals surface area (Å²) >= 11 is 5.75. The molecule has 30 heavy (non-hydrogen) atoms. The molecule has 12 heteroatoms. The highest BCUT2D eigenvalue weighted by atomic mass is 35.5. The Hall–Kier alpha value is -2.34. The minimum atomic E-state index is -3.89. The van der Waals surface area contributed by atoms with Gasteiger partial charge in [-0.25, -0.2) is 22.5 Å². The summed E-state index contributed by atoms with van der Waals surface area (Å²) in [5.74, 6) is -1.57. The standard InChI is InChI=1S/C18H20ClFN4O5S/c1-3-13-15(20)16(19)22-18(21-13)23-17(25)12-8-11(4-5-14(12)28-2)30(26,27)24-10-6-7-29-9-10/h4-5,8,10,24H,3,6-7,9H2,1-2H3,(H,21,22,23,25)/t10-/m0/s1. The zero-order chi connectivity index (χ0) is 21.9. The molecule has 1 saturated heterocycles. The Bertz CT molecular complexity index is 1060. The van der Waals surface area contributed by atoms with Gasteiger partial charge < -0.3 is 9.47 Å². The van der Waals surface area contributed by atoms with Gasteiger partial charge in [-0.3, -0.25) is 10.1 Å².